The molecule has 0 saturated carbocycles. The highest BCUT2D eigenvalue weighted by atomic mass is 28.3. The summed E-state index contributed by atoms with van der Waals surface area (Å²) in [4.78, 5) is 15.7. The Morgan fingerprint density at radius 3 is 1.52 bits per heavy atom. The maximum absolute atomic E-state index is 5.31. The van der Waals surface area contributed by atoms with E-state index in [0.717, 1.165) is 27.8 Å². The van der Waals surface area contributed by atoms with E-state index in [9.17, 15) is 0 Å². The van der Waals surface area contributed by atoms with Crippen molar-refractivity contribution in [3.05, 3.63) is 198 Å². The number of rotatable bonds is 4. The maximum Gasteiger partial charge on any atom is 0.164 e. The zero-order valence-corrected chi connectivity index (χ0v) is 30.1. The molecule has 8 aromatic rings. The number of benzene rings is 7. The lowest BCUT2D eigenvalue weighted by molar-refractivity contribution is 0.773. The Morgan fingerprint density at radius 1 is 0.365 bits per heavy atom. The lowest BCUT2D eigenvalue weighted by Gasteiger charge is -2.45. The summed E-state index contributed by atoms with van der Waals surface area (Å²) in [5, 5.41) is 2.99. The predicted octanol–water partition coefficient (Wildman–Crippen LogP) is 10.0. The van der Waals surface area contributed by atoms with Gasteiger partial charge in [-0.2, -0.15) is 0 Å². The molecule has 0 radical (unpaired) electrons. The molecule has 10 rings (SSSR count). The Kier molecular flexibility index (Phi) is 6.86. The molecule has 0 atom stereocenters. The van der Waals surface area contributed by atoms with E-state index in [0.29, 0.717) is 17.5 Å². The average molecular weight is 682 g/mol. The molecule has 0 fully saturated rings. The molecule has 246 valence electrons. The number of aromatic nitrogens is 3. The summed E-state index contributed by atoms with van der Waals surface area (Å²) in [5.41, 5.74) is 12.6. The first-order chi connectivity index (χ1) is 25.5. The van der Waals surface area contributed by atoms with Gasteiger partial charge >= 0.3 is 0 Å². The summed E-state index contributed by atoms with van der Waals surface area (Å²) >= 11 is 0. The van der Waals surface area contributed by atoms with Crippen molar-refractivity contribution in [2.75, 3.05) is 0 Å². The van der Waals surface area contributed by atoms with E-state index in [4.69, 9.17) is 15.0 Å². The van der Waals surface area contributed by atoms with Crippen LogP contribution in [0.1, 0.15) is 22.3 Å². The summed E-state index contributed by atoms with van der Waals surface area (Å²) in [6.45, 7) is 5.00. The van der Waals surface area contributed by atoms with Gasteiger partial charge in [-0.25, -0.2) is 15.0 Å². The Bertz CT molecular complexity index is 2620. The minimum absolute atomic E-state index is 0.459. The number of nitrogens with zero attached hydrogens (tertiary/aromatic N) is 3. The van der Waals surface area contributed by atoms with Gasteiger partial charge in [-0.3, -0.25) is 0 Å². The summed E-state index contributed by atoms with van der Waals surface area (Å²) < 4.78 is 0. The lowest BCUT2D eigenvalue weighted by Crippen LogP contribution is -2.63. The highest BCUT2D eigenvalue weighted by Gasteiger charge is 2.54. The highest BCUT2D eigenvalue weighted by molar-refractivity contribution is 7.01. The summed E-state index contributed by atoms with van der Waals surface area (Å²) in [6, 6.07) is 63.4. The van der Waals surface area contributed by atoms with Crippen LogP contribution in [0.5, 0.6) is 0 Å². The van der Waals surface area contributed by atoms with Gasteiger partial charge in [0.1, 0.15) is 8.07 Å². The Hall–Kier alpha value is -6.23. The minimum atomic E-state index is -2.00. The van der Waals surface area contributed by atoms with Crippen LogP contribution >= 0.6 is 0 Å². The molecule has 1 spiro atoms. The Labute approximate surface area is 305 Å². The number of hydrogen-bond acceptors (Lipinski definition) is 3. The van der Waals surface area contributed by atoms with Crippen molar-refractivity contribution in [3.8, 4) is 56.4 Å². The van der Waals surface area contributed by atoms with Crippen LogP contribution in [-0.4, -0.2) is 23.0 Å². The first kappa shape index (κ1) is 30.6. The lowest BCUT2D eigenvalue weighted by atomic mass is 9.67. The number of fused-ring (bicyclic) bond motifs is 9. The maximum atomic E-state index is 5.31. The zero-order chi connectivity index (χ0) is 34.9. The van der Waals surface area contributed by atoms with Crippen LogP contribution in [-0.2, 0) is 5.41 Å². The molecule has 1 aliphatic heterocycles. The van der Waals surface area contributed by atoms with E-state index >= 15 is 0 Å². The first-order valence-electron chi connectivity index (χ1n) is 18.0. The van der Waals surface area contributed by atoms with Gasteiger partial charge < -0.3 is 0 Å². The van der Waals surface area contributed by atoms with Crippen molar-refractivity contribution in [1.82, 2.24) is 15.0 Å². The molecule has 0 unspecified atom stereocenters. The largest absolute Gasteiger partial charge is 0.208 e. The van der Waals surface area contributed by atoms with Crippen molar-refractivity contribution in [2.24, 2.45) is 0 Å². The van der Waals surface area contributed by atoms with Crippen LogP contribution < -0.4 is 10.4 Å². The SMILES string of the molecule is C[Si]1(C)c2ccccc2C2(c3ccccc3-c3c(-c4nc(-c5ccccc5)nc(-c5cccc(-c6ccccc6)c5)n4)cccc32)c2ccccc21. The van der Waals surface area contributed by atoms with Crippen molar-refractivity contribution in [3.63, 3.8) is 0 Å². The van der Waals surface area contributed by atoms with Gasteiger partial charge in [0, 0.05) is 16.7 Å². The fraction of sp³-hybridized carbons (Fsp3) is 0.0625. The average Bonchev–Trinajstić information content (AvgIpc) is 3.52. The third kappa shape index (κ3) is 4.41. The van der Waals surface area contributed by atoms with Crippen LogP contribution in [0.4, 0.5) is 0 Å². The predicted molar refractivity (Wildman–Crippen MR) is 216 cm³/mol. The zero-order valence-electron chi connectivity index (χ0n) is 29.1. The summed E-state index contributed by atoms with van der Waals surface area (Å²) in [6.07, 6.45) is 0. The van der Waals surface area contributed by atoms with Gasteiger partial charge in [-0.05, 0) is 60.9 Å². The van der Waals surface area contributed by atoms with Crippen molar-refractivity contribution in [2.45, 2.75) is 18.5 Å². The molecule has 0 amide bonds. The first-order valence-corrected chi connectivity index (χ1v) is 21.0. The molecule has 0 bridgehead atoms. The van der Waals surface area contributed by atoms with E-state index in [1.807, 2.05) is 24.3 Å². The second kappa shape index (κ2) is 11.7. The topological polar surface area (TPSA) is 38.7 Å². The fourth-order valence-corrected chi connectivity index (χ4v) is 12.1. The molecule has 52 heavy (non-hydrogen) atoms. The molecule has 0 N–H and O–H groups in total. The molecule has 1 aliphatic carbocycles. The minimum Gasteiger partial charge on any atom is -0.208 e. The van der Waals surface area contributed by atoms with Crippen molar-refractivity contribution in [1.29, 1.82) is 0 Å². The van der Waals surface area contributed by atoms with Crippen molar-refractivity contribution >= 4 is 18.4 Å². The van der Waals surface area contributed by atoms with Gasteiger partial charge in [-0.1, -0.05) is 183 Å². The Balaban J connectivity index is 1.26. The second-order valence-electron chi connectivity index (χ2n) is 14.4. The molecule has 2 aliphatic rings. The third-order valence-electron chi connectivity index (χ3n) is 11.2. The van der Waals surface area contributed by atoms with E-state index in [1.165, 1.54) is 43.8 Å². The second-order valence-corrected chi connectivity index (χ2v) is 18.7. The van der Waals surface area contributed by atoms with Crippen LogP contribution in [0.25, 0.3) is 56.4 Å². The quantitative estimate of drug-likeness (QED) is 0.174. The normalized spacial score (nSPS) is 14.3. The standard InChI is InChI=1S/C48H35N3Si/c1-52(2)42-29-13-11-26-39(42)48(40-27-12-14-30-43(40)52)38-25-10-9-23-36(38)44-37(24-16-28-41(44)48)47-50-45(33-19-7-4-8-20-33)49-46(51-47)35-22-15-21-34(31-35)32-17-5-3-6-18-32/h3-31H,1-2H3. The monoisotopic (exact) mass is 681 g/mol. The van der Waals surface area contributed by atoms with E-state index in [1.54, 1.807) is 0 Å². The van der Waals surface area contributed by atoms with Crippen LogP contribution in [0.2, 0.25) is 13.1 Å². The molecular weight excluding hydrogens is 647 g/mol. The summed E-state index contributed by atoms with van der Waals surface area (Å²) in [7, 11) is -2.00. The van der Waals surface area contributed by atoms with Gasteiger partial charge in [0.2, 0.25) is 0 Å². The molecule has 1 aromatic heterocycles. The molecule has 3 nitrogen and oxygen atoms in total. The smallest absolute Gasteiger partial charge is 0.164 e. The Morgan fingerprint density at radius 2 is 0.827 bits per heavy atom. The third-order valence-corrected chi connectivity index (χ3v) is 14.8. The van der Waals surface area contributed by atoms with Gasteiger partial charge in [0.15, 0.2) is 17.5 Å². The fourth-order valence-electron chi connectivity index (χ4n) is 8.91. The highest BCUT2D eigenvalue weighted by Crippen LogP contribution is 2.58. The van der Waals surface area contributed by atoms with Gasteiger partial charge in [0.05, 0.1) is 5.41 Å². The molecule has 4 heteroatoms. The van der Waals surface area contributed by atoms with Crippen LogP contribution in [0.3, 0.4) is 0 Å². The van der Waals surface area contributed by atoms with Gasteiger partial charge in [-0.15, -0.1) is 0 Å². The number of hydrogen-bond donors (Lipinski definition) is 0. The van der Waals surface area contributed by atoms with E-state index < -0.39 is 13.5 Å². The van der Waals surface area contributed by atoms with Crippen LogP contribution in [0.15, 0.2) is 176 Å². The van der Waals surface area contributed by atoms with Gasteiger partial charge in [0.25, 0.3) is 0 Å². The molecule has 2 heterocycles. The summed E-state index contributed by atoms with van der Waals surface area (Å²) in [5.74, 6) is 1.98. The molecule has 0 saturated heterocycles. The van der Waals surface area contributed by atoms with Crippen LogP contribution in [0, 0.1) is 0 Å². The van der Waals surface area contributed by atoms with E-state index in [-0.39, 0.29) is 0 Å². The van der Waals surface area contributed by atoms with Crippen molar-refractivity contribution < 1.29 is 0 Å². The molecular formula is C48H35N3Si. The molecule has 7 aromatic carbocycles. The van der Waals surface area contributed by atoms with E-state index in [2.05, 4.69) is 165 Å².